The summed E-state index contributed by atoms with van der Waals surface area (Å²) < 4.78 is 2.04. The maximum absolute atomic E-state index is 12.5. The number of hydrogen-bond donors (Lipinski definition) is 2. The number of nitrogens with zero attached hydrogens (tertiary/aromatic N) is 5. The SMILES string of the molecule is O=C(NCc1nncn1C1CCCCC1)c1cnc(-c2cccnc2)[nH]c1=O. The van der Waals surface area contributed by atoms with Crippen molar-refractivity contribution in [2.75, 3.05) is 0 Å². The Balaban J connectivity index is 1.45. The molecule has 2 N–H and O–H groups in total. The largest absolute Gasteiger partial charge is 0.345 e. The molecule has 28 heavy (non-hydrogen) atoms. The van der Waals surface area contributed by atoms with Crippen LogP contribution in [0.4, 0.5) is 0 Å². The highest BCUT2D eigenvalue weighted by atomic mass is 16.2. The number of pyridine rings is 1. The van der Waals surface area contributed by atoms with Crippen molar-refractivity contribution in [1.29, 1.82) is 0 Å². The molecule has 144 valence electrons. The van der Waals surface area contributed by atoms with Crippen molar-refractivity contribution in [3.05, 3.63) is 58.8 Å². The van der Waals surface area contributed by atoms with Gasteiger partial charge in [0, 0.05) is 30.2 Å². The van der Waals surface area contributed by atoms with Gasteiger partial charge in [0.05, 0.1) is 6.54 Å². The fourth-order valence-corrected chi connectivity index (χ4v) is 3.52. The number of amides is 1. The van der Waals surface area contributed by atoms with E-state index in [-0.39, 0.29) is 12.1 Å². The Morgan fingerprint density at radius 2 is 2.11 bits per heavy atom. The molecule has 0 atom stereocenters. The molecule has 3 aromatic rings. The van der Waals surface area contributed by atoms with E-state index in [0.29, 0.717) is 23.3 Å². The molecule has 0 spiro atoms. The van der Waals surface area contributed by atoms with Crippen molar-refractivity contribution >= 4 is 5.91 Å². The summed E-state index contributed by atoms with van der Waals surface area (Å²) in [6.07, 6.45) is 12.1. The number of carbonyl (C=O) groups is 1. The van der Waals surface area contributed by atoms with E-state index < -0.39 is 11.5 Å². The molecule has 0 saturated heterocycles. The van der Waals surface area contributed by atoms with Gasteiger partial charge in [-0.3, -0.25) is 14.6 Å². The molecule has 3 aromatic heterocycles. The Hall–Kier alpha value is -3.36. The summed E-state index contributed by atoms with van der Waals surface area (Å²) in [6, 6.07) is 3.90. The van der Waals surface area contributed by atoms with E-state index >= 15 is 0 Å². The molecular weight excluding hydrogens is 358 g/mol. The van der Waals surface area contributed by atoms with Gasteiger partial charge >= 0.3 is 0 Å². The molecule has 1 saturated carbocycles. The summed E-state index contributed by atoms with van der Waals surface area (Å²) in [6.45, 7) is 0.207. The molecule has 0 aliphatic heterocycles. The monoisotopic (exact) mass is 379 g/mol. The third-order valence-corrected chi connectivity index (χ3v) is 5.00. The lowest BCUT2D eigenvalue weighted by molar-refractivity contribution is 0.0947. The van der Waals surface area contributed by atoms with Gasteiger partial charge in [0.25, 0.3) is 11.5 Å². The van der Waals surface area contributed by atoms with Crippen LogP contribution >= 0.6 is 0 Å². The minimum Gasteiger partial charge on any atom is -0.345 e. The average molecular weight is 379 g/mol. The van der Waals surface area contributed by atoms with Crippen LogP contribution in [-0.2, 0) is 6.54 Å². The van der Waals surface area contributed by atoms with Gasteiger partial charge in [-0.05, 0) is 25.0 Å². The zero-order valence-electron chi connectivity index (χ0n) is 15.3. The molecular formula is C19H21N7O2. The van der Waals surface area contributed by atoms with Gasteiger partial charge in [0.2, 0.25) is 0 Å². The Morgan fingerprint density at radius 3 is 2.86 bits per heavy atom. The second-order valence-corrected chi connectivity index (χ2v) is 6.85. The number of carbonyl (C=O) groups excluding carboxylic acids is 1. The predicted molar refractivity (Wildman–Crippen MR) is 101 cm³/mol. The van der Waals surface area contributed by atoms with E-state index in [4.69, 9.17) is 0 Å². The molecule has 1 aliphatic rings. The van der Waals surface area contributed by atoms with Crippen LogP contribution in [0.25, 0.3) is 11.4 Å². The Kier molecular flexibility index (Phi) is 5.22. The van der Waals surface area contributed by atoms with Gasteiger partial charge in [-0.15, -0.1) is 10.2 Å². The first-order valence-corrected chi connectivity index (χ1v) is 9.38. The van der Waals surface area contributed by atoms with E-state index in [1.54, 1.807) is 30.9 Å². The summed E-state index contributed by atoms with van der Waals surface area (Å²) in [5.41, 5.74) is 0.128. The lowest BCUT2D eigenvalue weighted by atomic mass is 9.95. The maximum Gasteiger partial charge on any atom is 0.264 e. The lowest BCUT2D eigenvalue weighted by Gasteiger charge is -2.24. The number of nitrogens with one attached hydrogen (secondary N) is 2. The molecule has 0 bridgehead atoms. The number of aromatic amines is 1. The van der Waals surface area contributed by atoms with Crippen molar-refractivity contribution in [3.63, 3.8) is 0 Å². The molecule has 0 unspecified atom stereocenters. The highest BCUT2D eigenvalue weighted by Crippen LogP contribution is 2.28. The highest BCUT2D eigenvalue weighted by Gasteiger charge is 2.19. The summed E-state index contributed by atoms with van der Waals surface area (Å²) in [5.74, 6) is 0.563. The molecule has 0 aromatic carbocycles. The van der Waals surface area contributed by atoms with Gasteiger partial charge in [0.1, 0.15) is 17.7 Å². The smallest absolute Gasteiger partial charge is 0.264 e. The van der Waals surface area contributed by atoms with Crippen molar-refractivity contribution in [1.82, 2.24) is 35.0 Å². The summed E-state index contributed by atoms with van der Waals surface area (Å²) in [7, 11) is 0. The normalized spacial score (nSPS) is 14.7. The van der Waals surface area contributed by atoms with E-state index in [1.807, 2.05) is 4.57 Å². The van der Waals surface area contributed by atoms with Crippen molar-refractivity contribution in [2.24, 2.45) is 0 Å². The lowest BCUT2D eigenvalue weighted by Crippen LogP contribution is -2.31. The quantitative estimate of drug-likeness (QED) is 0.698. The molecule has 0 radical (unpaired) electrons. The first-order valence-electron chi connectivity index (χ1n) is 9.38. The highest BCUT2D eigenvalue weighted by molar-refractivity contribution is 5.93. The van der Waals surface area contributed by atoms with Gasteiger partial charge < -0.3 is 14.9 Å². The van der Waals surface area contributed by atoms with Gasteiger partial charge in [-0.1, -0.05) is 19.3 Å². The first-order chi connectivity index (χ1) is 13.7. The third-order valence-electron chi connectivity index (χ3n) is 5.00. The van der Waals surface area contributed by atoms with Crippen LogP contribution in [0, 0.1) is 0 Å². The standard InChI is InChI=1S/C19H21N7O2/c27-18(15-10-21-17(24-19(15)28)13-5-4-8-20-9-13)22-11-16-25-23-12-26(16)14-6-2-1-3-7-14/h4-5,8-10,12,14H,1-3,6-7,11H2,(H,22,27)(H,21,24,28). The second kappa shape index (κ2) is 8.12. The van der Waals surface area contributed by atoms with Crippen molar-refractivity contribution in [2.45, 2.75) is 44.7 Å². The molecule has 3 heterocycles. The molecule has 1 aliphatic carbocycles. The maximum atomic E-state index is 12.5. The number of rotatable bonds is 5. The van der Waals surface area contributed by atoms with Crippen LogP contribution in [0.2, 0.25) is 0 Å². The third kappa shape index (κ3) is 3.83. The topological polar surface area (TPSA) is 118 Å². The number of hydrogen-bond acceptors (Lipinski definition) is 6. The van der Waals surface area contributed by atoms with Crippen LogP contribution in [0.15, 0.2) is 41.8 Å². The Morgan fingerprint density at radius 1 is 1.25 bits per heavy atom. The molecule has 9 nitrogen and oxygen atoms in total. The predicted octanol–water partition coefficient (Wildman–Crippen LogP) is 1.86. The van der Waals surface area contributed by atoms with E-state index in [9.17, 15) is 9.59 Å². The van der Waals surface area contributed by atoms with Gasteiger partial charge in [0.15, 0.2) is 5.82 Å². The van der Waals surface area contributed by atoms with Crippen LogP contribution in [0.1, 0.15) is 54.3 Å². The Labute approximate surface area is 161 Å². The van der Waals surface area contributed by atoms with E-state index in [2.05, 4.69) is 30.5 Å². The molecule has 1 amide bonds. The van der Waals surface area contributed by atoms with Crippen LogP contribution < -0.4 is 10.9 Å². The summed E-state index contributed by atoms with van der Waals surface area (Å²) >= 11 is 0. The minimum absolute atomic E-state index is 0.0450. The Bertz CT molecular complexity index is 1010. The molecule has 4 rings (SSSR count). The first kappa shape index (κ1) is 18.0. The van der Waals surface area contributed by atoms with Crippen molar-refractivity contribution < 1.29 is 4.79 Å². The zero-order valence-corrected chi connectivity index (χ0v) is 15.3. The van der Waals surface area contributed by atoms with Crippen LogP contribution in [0.3, 0.4) is 0 Å². The van der Waals surface area contributed by atoms with Crippen molar-refractivity contribution in [3.8, 4) is 11.4 Å². The van der Waals surface area contributed by atoms with Gasteiger partial charge in [-0.2, -0.15) is 0 Å². The molecule has 9 heteroatoms. The van der Waals surface area contributed by atoms with E-state index in [0.717, 1.165) is 12.8 Å². The number of H-pyrrole nitrogens is 1. The van der Waals surface area contributed by atoms with Crippen LogP contribution in [0.5, 0.6) is 0 Å². The van der Waals surface area contributed by atoms with E-state index in [1.165, 1.54) is 25.5 Å². The fraction of sp³-hybridized carbons (Fsp3) is 0.368. The average Bonchev–Trinajstić information content (AvgIpc) is 3.22. The fourth-order valence-electron chi connectivity index (χ4n) is 3.52. The zero-order chi connectivity index (χ0) is 19.3. The minimum atomic E-state index is -0.500. The summed E-state index contributed by atoms with van der Waals surface area (Å²) in [5, 5.41) is 10.9. The number of aromatic nitrogens is 6. The summed E-state index contributed by atoms with van der Waals surface area (Å²) in [4.78, 5) is 35.6. The second-order valence-electron chi connectivity index (χ2n) is 6.85. The van der Waals surface area contributed by atoms with Crippen LogP contribution in [-0.4, -0.2) is 35.6 Å². The van der Waals surface area contributed by atoms with Gasteiger partial charge in [-0.25, -0.2) is 4.98 Å². The molecule has 1 fully saturated rings.